The van der Waals surface area contributed by atoms with Gasteiger partial charge in [-0.1, -0.05) is 18.5 Å². The average molecular weight is 293 g/mol. The molecule has 1 saturated heterocycles. The molecule has 1 fully saturated rings. The first-order valence-corrected chi connectivity index (χ1v) is 7.06. The van der Waals surface area contributed by atoms with Gasteiger partial charge in [0.05, 0.1) is 6.54 Å². The van der Waals surface area contributed by atoms with E-state index in [1.54, 1.807) is 0 Å². The average Bonchev–Trinajstić information content (AvgIpc) is 2.99. The van der Waals surface area contributed by atoms with Crippen LogP contribution in [-0.2, 0) is 6.54 Å². The predicted molar refractivity (Wildman–Crippen MR) is 77.2 cm³/mol. The molecule has 1 aromatic heterocycles. The molecule has 106 valence electrons. The lowest BCUT2D eigenvalue weighted by atomic mass is 10.1. The van der Waals surface area contributed by atoms with Crippen LogP contribution in [0.3, 0.4) is 0 Å². The Balaban J connectivity index is 1.69. The Kier molecular flexibility index (Phi) is 3.74. The highest BCUT2D eigenvalue weighted by Crippen LogP contribution is 2.22. The van der Waals surface area contributed by atoms with Crippen molar-refractivity contribution in [1.82, 2.24) is 15.1 Å². The Morgan fingerprint density at radius 3 is 2.70 bits per heavy atom. The monoisotopic (exact) mass is 292 g/mol. The maximum Gasteiger partial charge on any atom is 0.247 e. The van der Waals surface area contributed by atoms with E-state index in [-0.39, 0.29) is 6.04 Å². The van der Waals surface area contributed by atoms with E-state index in [2.05, 4.69) is 22.0 Å². The molecule has 2 heterocycles. The SMILES string of the molecule is CC1CN(Cc2nnc(-c3ccc(Cl)cc3)o2)CC1N. The largest absolute Gasteiger partial charge is 0.419 e. The second-order valence-electron chi connectivity index (χ2n) is 5.34. The Morgan fingerprint density at radius 2 is 2.05 bits per heavy atom. The van der Waals surface area contributed by atoms with Crippen molar-refractivity contribution in [2.45, 2.75) is 19.5 Å². The number of halogens is 1. The molecular formula is C14H17ClN4O. The second kappa shape index (κ2) is 5.52. The van der Waals surface area contributed by atoms with Crippen molar-refractivity contribution in [1.29, 1.82) is 0 Å². The van der Waals surface area contributed by atoms with E-state index < -0.39 is 0 Å². The minimum Gasteiger partial charge on any atom is -0.419 e. The van der Waals surface area contributed by atoms with Gasteiger partial charge in [-0.25, -0.2) is 0 Å². The van der Waals surface area contributed by atoms with Gasteiger partial charge in [0.2, 0.25) is 11.8 Å². The van der Waals surface area contributed by atoms with Crippen LogP contribution in [0.1, 0.15) is 12.8 Å². The van der Waals surface area contributed by atoms with Crippen molar-refractivity contribution in [3.8, 4) is 11.5 Å². The molecule has 0 amide bonds. The van der Waals surface area contributed by atoms with Gasteiger partial charge in [0.25, 0.3) is 0 Å². The highest BCUT2D eigenvalue weighted by Gasteiger charge is 2.27. The molecule has 2 N–H and O–H groups in total. The van der Waals surface area contributed by atoms with Crippen molar-refractivity contribution in [3.05, 3.63) is 35.2 Å². The molecule has 0 bridgehead atoms. The first-order chi connectivity index (χ1) is 9.61. The normalized spacial score (nSPS) is 23.4. The van der Waals surface area contributed by atoms with Gasteiger partial charge in [0.15, 0.2) is 0 Å². The molecule has 5 nitrogen and oxygen atoms in total. The van der Waals surface area contributed by atoms with Crippen LogP contribution >= 0.6 is 11.6 Å². The minimum absolute atomic E-state index is 0.230. The van der Waals surface area contributed by atoms with Gasteiger partial charge < -0.3 is 10.2 Å². The summed E-state index contributed by atoms with van der Waals surface area (Å²) < 4.78 is 5.69. The van der Waals surface area contributed by atoms with Crippen LogP contribution in [-0.4, -0.2) is 34.2 Å². The summed E-state index contributed by atoms with van der Waals surface area (Å²) in [5, 5.41) is 8.86. The van der Waals surface area contributed by atoms with E-state index >= 15 is 0 Å². The molecular weight excluding hydrogens is 276 g/mol. The van der Waals surface area contributed by atoms with Gasteiger partial charge >= 0.3 is 0 Å². The zero-order valence-corrected chi connectivity index (χ0v) is 12.0. The highest BCUT2D eigenvalue weighted by atomic mass is 35.5. The smallest absolute Gasteiger partial charge is 0.247 e. The molecule has 0 radical (unpaired) electrons. The second-order valence-corrected chi connectivity index (χ2v) is 5.78. The van der Waals surface area contributed by atoms with Crippen molar-refractivity contribution in [3.63, 3.8) is 0 Å². The molecule has 0 saturated carbocycles. The molecule has 20 heavy (non-hydrogen) atoms. The number of hydrogen-bond donors (Lipinski definition) is 1. The van der Waals surface area contributed by atoms with Crippen molar-refractivity contribution < 1.29 is 4.42 Å². The van der Waals surface area contributed by atoms with Crippen LogP contribution in [0.25, 0.3) is 11.5 Å². The summed E-state index contributed by atoms with van der Waals surface area (Å²) >= 11 is 5.86. The molecule has 0 spiro atoms. The molecule has 1 aliphatic heterocycles. The van der Waals surface area contributed by atoms with E-state index in [1.807, 2.05) is 24.3 Å². The summed E-state index contributed by atoms with van der Waals surface area (Å²) in [6, 6.07) is 7.58. The van der Waals surface area contributed by atoms with Crippen LogP contribution in [0.4, 0.5) is 0 Å². The Labute approximate surface area is 122 Å². The summed E-state index contributed by atoms with van der Waals surface area (Å²) in [4.78, 5) is 2.24. The standard InChI is InChI=1S/C14H17ClN4O/c1-9-6-19(7-12(9)16)8-13-17-18-14(20-13)10-2-4-11(15)5-3-10/h2-5,9,12H,6-8,16H2,1H3. The fourth-order valence-corrected chi connectivity index (χ4v) is 2.57. The topological polar surface area (TPSA) is 68.2 Å². The number of benzene rings is 1. The number of nitrogens with zero attached hydrogens (tertiary/aromatic N) is 3. The Morgan fingerprint density at radius 1 is 1.30 bits per heavy atom. The van der Waals surface area contributed by atoms with E-state index in [9.17, 15) is 0 Å². The first kappa shape index (κ1) is 13.5. The number of rotatable bonds is 3. The molecule has 0 aliphatic carbocycles. The van der Waals surface area contributed by atoms with E-state index in [4.69, 9.17) is 21.8 Å². The summed E-state index contributed by atoms with van der Waals surface area (Å²) in [5.41, 5.74) is 6.89. The van der Waals surface area contributed by atoms with E-state index in [0.717, 1.165) is 18.7 Å². The van der Waals surface area contributed by atoms with Gasteiger partial charge in [-0.15, -0.1) is 10.2 Å². The molecule has 1 aliphatic rings. The van der Waals surface area contributed by atoms with Gasteiger partial charge in [-0.3, -0.25) is 4.90 Å². The van der Waals surface area contributed by atoms with Crippen LogP contribution in [0.2, 0.25) is 5.02 Å². The lowest BCUT2D eigenvalue weighted by Crippen LogP contribution is -2.28. The fourth-order valence-electron chi connectivity index (χ4n) is 2.44. The van der Waals surface area contributed by atoms with Crippen molar-refractivity contribution >= 4 is 11.6 Å². The fraction of sp³-hybridized carbons (Fsp3) is 0.429. The summed E-state index contributed by atoms with van der Waals surface area (Å²) in [7, 11) is 0. The van der Waals surface area contributed by atoms with Crippen molar-refractivity contribution in [2.75, 3.05) is 13.1 Å². The molecule has 3 rings (SSSR count). The van der Waals surface area contributed by atoms with Gasteiger partial charge in [0.1, 0.15) is 0 Å². The quantitative estimate of drug-likeness (QED) is 0.939. The maximum absolute atomic E-state index is 6.01. The lowest BCUT2D eigenvalue weighted by molar-refractivity contribution is 0.283. The Hall–Kier alpha value is -1.43. The maximum atomic E-state index is 6.01. The van der Waals surface area contributed by atoms with Gasteiger partial charge in [-0.2, -0.15) is 0 Å². The van der Waals surface area contributed by atoms with Crippen LogP contribution < -0.4 is 5.73 Å². The summed E-state index contributed by atoms with van der Waals surface area (Å²) in [6.45, 7) is 4.66. The summed E-state index contributed by atoms with van der Waals surface area (Å²) in [5.74, 6) is 1.65. The molecule has 1 aromatic carbocycles. The third-order valence-corrected chi connectivity index (χ3v) is 3.91. The lowest BCUT2D eigenvalue weighted by Gasteiger charge is -2.11. The number of nitrogens with two attached hydrogens (primary N) is 1. The number of aromatic nitrogens is 2. The number of hydrogen-bond acceptors (Lipinski definition) is 5. The van der Waals surface area contributed by atoms with Gasteiger partial charge in [-0.05, 0) is 30.2 Å². The molecule has 2 aromatic rings. The zero-order valence-electron chi connectivity index (χ0n) is 11.3. The van der Waals surface area contributed by atoms with Gasteiger partial charge in [0, 0.05) is 29.7 Å². The third-order valence-electron chi connectivity index (χ3n) is 3.66. The summed E-state index contributed by atoms with van der Waals surface area (Å²) in [6.07, 6.45) is 0. The molecule has 2 unspecified atom stereocenters. The van der Waals surface area contributed by atoms with Crippen LogP contribution in [0.5, 0.6) is 0 Å². The first-order valence-electron chi connectivity index (χ1n) is 6.68. The molecule has 6 heteroatoms. The highest BCUT2D eigenvalue weighted by molar-refractivity contribution is 6.30. The minimum atomic E-state index is 0.230. The van der Waals surface area contributed by atoms with Crippen molar-refractivity contribution in [2.24, 2.45) is 11.7 Å². The predicted octanol–water partition coefficient (Wildman–Crippen LogP) is 2.17. The van der Waals surface area contributed by atoms with E-state index in [0.29, 0.717) is 29.3 Å². The van der Waals surface area contributed by atoms with E-state index in [1.165, 1.54) is 0 Å². The number of likely N-dealkylation sites (tertiary alicyclic amines) is 1. The van der Waals surface area contributed by atoms with Crippen LogP contribution in [0.15, 0.2) is 28.7 Å². The molecule has 2 atom stereocenters. The Bertz CT molecular complexity index is 573. The third kappa shape index (κ3) is 2.85. The van der Waals surface area contributed by atoms with Crippen LogP contribution in [0, 0.1) is 5.92 Å². The zero-order chi connectivity index (χ0) is 14.1.